The summed E-state index contributed by atoms with van der Waals surface area (Å²) < 4.78 is 129. The van der Waals surface area contributed by atoms with Gasteiger partial charge >= 0.3 is 0 Å². The van der Waals surface area contributed by atoms with Crippen molar-refractivity contribution in [3.8, 4) is 46.0 Å². The first-order chi connectivity index (χ1) is 37.1. The molecule has 360 valence electrons. The van der Waals surface area contributed by atoms with E-state index < -0.39 is 40.4 Å². The van der Waals surface area contributed by atoms with E-state index in [-0.39, 0.29) is 98.5 Å². The van der Waals surface area contributed by atoms with Crippen LogP contribution in [-0.4, -0.2) is 147 Å². The number of hydrogen-bond acceptors (Lipinski definition) is 18. The number of nitrogen functional groups attached to an aromatic ring is 2. The van der Waals surface area contributed by atoms with Crippen molar-refractivity contribution in [2.24, 2.45) is 0 Å². The molecule has 2 fully saturated rings. The molecule has 0 spiro atoms. The van der Waals surface area contributed by atoms with Gasteiger partial charge in [-0.1, -0.05) is 24.3 Å². The summed E-state index contributed by atoms with van der Waals surface area (Å²) in [6.07, 6.45) is -1.26. The predicted molar refractivity (Wildman–Crippen MR) is 257 cm³/mol. The van der Waals surface area contributed by atoms with Gasteiger partial charge in [-0.2, -0.15) is 4.98 Å². The number of rotatable bonds is 7. The maximum absolute atomic E-state index is 13.1. The number of carbonyl (C=O) groups is 2. The van der Waals surface area contributed by atoms with Crippen LogP contribution < -0.4 is 59.6 Å². The van der Waals surface area contributed by atoms with Crippen LogP contribution in [0.15, 0.2) is 72.8 Å². The zero-order chi connectivity index (χ0) is 57.0. The highest BCUT2D eigenvalue weighted by Gasteiger charge is 2.34. The standard InChI is InChI=1S/C23H25N5O5.C13H16N2O3.C10H10ClN3O2.ClH/c1-30-18-11-14-15(12-19(18)31-2)25-23(26-21(14)24)28-9-7-27(8-10-28)22(29)20-13-32-16-5-3-4-6-17(16)33-20;16-13(15-7-5-14-6-8-15)12-9-17-10-3-1-2-4-11(10)18-12;1-15-7-3-5-6(4-8(7)16-2)13-10(11)14-9(5)12;/h3-6,11-12,20H,7-10,13H2,1-2H3,(H2,24,25,26);1-4,12,14H,5-9H2;3-4H,1-2H3,(H2,12,13,14);1H/i1D3,2D3;;1D3,2D3;. The SMILES string of the molecule is Cl.O=C(C1COc2ccccc2O1)N1CCNCC1.[2H]C([2H])([2H])Oc1cc2nc(Cl)nc(N)c2cc1OC([2H])([2H])[2H].[2H]C([2H])([2H])Oc1cc2nc(N3CCN(C(=O)C4COc5ccccc5O4)CC3)nc(N)c2cc1OC([2H])([2H])[2H]. The molecule has 0 bridgehead atoms. The number of halogens is 2. The number of fused-ring (bicyclic) bond motifs is 4. The van der Waals surface area contributed by atoms with E-state index in [0.717, 1.165) is 26.2 Å². The van der Waals surface area contributed by atoms with Crippen LogP contribution in [0.1, 0.15) is 16.4 Å². The first-order valence-corrected chi connectivity index (χ1v) is 21.0. The number of anilines is 3. The Morgan fingerprint density at radius 2 is 1.07 bits per heavy atom. The van der Waals surface area contributed by atoms with Gasteiger partial charge in [-0.3, -0.25) is 9.59 Å². The van der Waals surface area contributed by atoms with Gasteiger partial charge in [0.05, 0.1) is 55.6 Å². The van der Waals surface area contributed by atoms with Gasteiger partial charge < -0.3 is 69.4 Å². The summed E-state index contributed by atoms with van der Waals surface area (Å²) in [7, 11) is -11.3. The molecular weight excluding hydrogens is 923 g/mol. The lowest BCUT2D eigenvalue weighted by molar-refractivity contribution is -0.142. The predicted octanol–water partition coefficient (Wildman–Crippen LogP) is 4.28. The summed E-state index contributed by atoms with van der Waals surface area (Å²) >= 11 is 5.68. The lowest BCUT2D eigenvalue weighted by Crippen LogP contribution is -2.54. The number of piperazine rings is 2. The van der Waals surface area contributed by atoms with Crippen LogP contribution in [0, 0.1) is 0 Å². The van der Waals surface area contributed by atoms with Gasteiger partial charge in [-0.05, 0) is 48.0 Å². The topological polar surface area (TPSA) is 233 Å². The Balaban J connectivity index is 0.000000190. The van der Waals surface area contributed by atoms with E-state index in [0.29, 0.717) is 55.8 Å². The summed E-state index contributed by atoms with van der Waals surface area (Å²) in [5.41, 5.74) is 12.3. The largest absolute Gasteiger partial charge is 0.493 e. The van der Waals surface area contributed by atoms with Crippen molar-refractivity contribution in [1.29, 1.82) is 0 Å². The number of amides is 2. The minimum absolute atomic E-state index is 0. The van der Waals surface area contributed by atoms with Crippen LogP contribution >= 0.6 is 24.0 Å². The number of benzene rings is 4. The molecule has 68 heavy (non-hydrogen) atoms. The fourth-order valence-corrected chi connectivity index (χ4v) is 7.62. The number of nitrogens with two attached hydrogens (primary N) is 2. The molecule has 0 radical (unpaired) electrons. The Labute approximate surface area is 419 Å². The number of carbonyl (C=O) groups excluding carboxylic acids is 2. The number of nitrogens with zero attached hydrogens (tertiary/aromatic N) is 7. The molecule has 4 aliphatic heterocycles. The van der Waals surface area contributed by atoms with Crippen LogP contribution in [0.25, 0.3) is 21.8 Å². The van der Waals surface area contributed by atoms with Gasteiger partial charge in [-0.15, -0.1) is 12.4 Å². The van der Waals surface area contributed by atoms with E-state index in [1.807, 2.05) is 46.2 Å². The number of methoxy groups -OCH3 is 4. The van der Waals surface area contributed by atoms with Gasteiger partial charge in [0, 0.05) is 75.3 Å². The molecule has 2 aromatic heterocycles. The Bertz CT molecular complexity index is 3190. The lowest BCUT2D eigenvalue weighted by atomic mass is 10.2. The Morgan fingerprint density at radius 3 is 1.57 bits per heavy atom. The van der Waals surface area contributed by atoms with Gasteiger partial charge in [0.2, 0.25) is 23.4 Å². The van der Waals surface area contributed by atoms with E-state index in [1.54, 1.807) is 17.0 Å². The quantitative estimate of drug-likeness (QED) is 0.189. The molecule has 20 nitrogen and oxygen atoms in total. The average molecular weight is 988 g/mol. The smallest absolute Gasteiger partial charge is 0.267 e. The highest BCUT2D eigenvalue weighted by Crippen LogP contribution is 2.36. The molecule has 2 unspecified atom stereocenters. The zero-order valence-electron chi connectivity index (χ0n) is 47.8. The maximum Gasteiger partial charge on any atom is 0.267 e. The monoisotopic (exact) mass is 986 g/mol. The van der Waals surface area contributed by atoms with Gasteiger partial charge in [0.15, 0.2) is 46.0 Å². The second kappa shape index (κ2) is 22.1. The van der Waals surface area contributed by atoms with Crippen molar-refractivity contribution in [3.63, 3.8) is 0 Å². The minimum Gasteiger partial charge on any atom is -0.493 e. The van der Waals surface area contributed by atoms with Crippen molar-refractivity contribution in [1.82, 2.24) is 35.1 Å². The fraction of sp³-hybridized carbons (Fsp3) is 0.348. The van der Waals surface area contributed by atoms with Crippen LogP contribution in [0.2, 0.25) is 5.28 Å². The molecule has 10 rings (SSSR count). The molecule has 6 heterocycles. The first-order valence-electron chi connectivity index (χ1n) is 26.6. The van der Waals surface area contributed by atoms with Crippen molar-refractivity contribution in [3.05, 3.63) is 78.1 Å². The maximum atomic E-state index is 13.1. The molecule has 6 aromatic rings. The molecular formula is C46H52Cl2N10O10. The van der Waals surface area contributed by atoms with Crippen LogP contribution in [0.5, 0.6) is 46.0 Å². The van der Waals surface area contributed by atoms with Crippen molar-refractivity contribution < 1.29 is 63.9 Å². The van der Waals surface area contributed by atoms with E-state index in [2.05, 4.69) is 25.3 Å². The van der Waals surface area contributed by atoms with Crippen LogP contribution in [-0.2, 0) is 9.59 Å². The van der Waals surface area contributed by atoms with Gasteiger partial charge in [0.25, 0.3) is 11.8 Å². The number of para-hydroxylation sites is 4. The summed E-state index contributed by atoms with van der Waals surface area (Å²) in [6.45, 7) is 5.13. The second-order valence-corrected chi connectivity index (χ2v) is 15.3. The summed E-state index contributed by atoms with van der Waals surface area (Å²) in [5, 5.41) is 3.59. The third-order valence-electron chi connectivity index (χ3n) is 10.9. The highest BCUT2D eigenvalue weighted by atomic mass is 35.5. The molecule has 4 aliphatic rings. The lowest BCUT2D eigenvalue weighted by Gasteiger charge is -2.37. The Kier molecular flexibility index (Phi) is 11.4. The Hall–Kier alpha value is -7.16. The minimum atomic E-state index is -2.86. The third-order valence-corrected chi connectivity index (χ3v) is 11.0. The molecule has 5 N–H and O–H groups in total. The molecule has 4 aromatic carbocycles. The summed E-state index contributed by atoms with van der Waals surface area (Å²) in [5.74, 6) is 1.32. The van der Waals surface area contributed by atoms with Gasteiger partial charge in [-0.25, -0.2) is 15.0 Å². The first kappa shape index (κ1) is 35.0. The normalized spacial score (nSPS) is 20.4. The van der Waals surface area contributed by atoms with Crippen LogP contribution in [0.4, 0.5) is 17.6 Å². The number of ether oxygens (including phenoxy) is 8. The number of hydrogen-bond donors (Lipinski definition) is 3. The molecule has 2 saturated heterocycles. The van der Waals surface area contributed by atoms with Crippen molar-refractivity contribution in [2.75, 3.05) is 110 Å². The number of aromatic nitrogens is 4. The van der Waals surface area contributed by atoms with Gasteiger partial charge in [0.1, 0.15) is 24.8 Å². The number of nitrogens with one attached hydrogen (secondary N) is 1. The van der Waals surface area contributed by atoms with E-state index in [4.69, 9.17) is 77.4 Å². The summed E-state index contributed by atoms with van der Waals surface area (Å²) in [4.78, 5) is 47.1. The molecule has 0 aliphatic carbocycles. The summed E-state index contributed by atoms with van der Waals surface area (Å²) in [6, 6.07) is 19.5. The third kappa shape index (κ3) is 10.8. The van der Waals surface area contributed by atoms with E-state index in [1.165, 1.54) is 24.3 Å². The molecule has 0 saturated carbocycles. The van der Waals surface area contributed by atoms with Crippen molar-refractivity contribution >= 4 is 75.2 Å². The molecule has 2 amide bonds. The van der Waals surface area contributed by atoms with Crippen LogP contribution in [0.3, 0.4) is 0 Å². The highest BCUT2D eigenvalue weighted by molar-refractivity contribution is 6.28. The fourth-order valence-electron chi connectivity index (χ4n) is 7.44. The molecule has 22 heteroatoms. The van der Waals surface area contributed by atoms with E-state index in [9.17, 15) is 9.59 Å². The van der Waals surface area contributed by atoms with E-state index >= 15 is 0 Å². The van der Waals surface area contributed by atoms with Crippen molar-refractivity contribution in [2.45, 2.75) is 12.2 Å². The Morgan fingerprint density at radius 1 is 0.632 bits per heavy atom. The molecule has 2 atom stereocenters. The second-order valence-electron chi connectivity index (χ2n) is 14.9. The average Bonchev–Trinajstić information content (AvgIpc) is 3.43. The zero-order valence-corrected chi connectivity index (χ0v) is 37.4.